The van der Waals surface area contributed by atoms with E-state index in [2.05, 4.69) is 15.5 Å². The predicted molar refractivity (Wildman–Crippen MR) is 78.3 cm³/mol. The smallest absolute Gasteiger partial charge is 0.260 e. The standard InChI is InChI=1S/C15H16N4O2/c1-9-17-15(21-19-9)12-4-2-3-5-13(12)18-14(20)10-6-7-11(16)8-10/h2-7,10-11H,8,16H2,1H3,(H,18,20). The molecule has 0 spiro atoms. The van der Waals surface area contributed by atoms with Crippen LogP contribution in [0, 0.1) is 12.8 Å². The number of hydrogen-bond acceptors (Lipinski definition) is 5. The lowest BCUT2D eigenvalue weighted by Gasteiger charge is -2.12. The van der Waals surface area contributed by atoms with Gasteiger partial charge in [0.1, 0.15) is 0 Å². The minimum Gasteiger partial charge on any atom is -0.334 e. The summed E-state index contributed by atoms with van der Waals surface area (Å²) in [4.78, 5) is 16.5. The summed E-state index contributed by atoms with van der Waals surface area (Å²) in [5.74, 6) is 0.665. The Morgan fingerprint density at radius 3 is 2.86 bits per heavy atom. The molecule has 1 amide bonds. The van der Waals surface area contributed by atoms with Gasteiger partial charge in [-0.3, -0.25) is 4.79 Å². The summed E-state index contributed by atoms with van der Waals surface area (Å²) in [6.07, 6.45) is 4.34. The molecule has 1 aliphatic carbocycles. The van der Waals surface area contributed by atoms with Crippen LogP contribution in [0.1, 0.15) is 12.2 Å². The van der Waals surface area contributed by atoms with Crippen LogP contribution in [0.15, 0.2) is 40.9 Å². The first kappa shape index (κ1) is 13.5. The van der Waals surface area contributed by atoms with Crippen molar-refractivity contribution < 1.29 is 9.32 Å². The van der Waals surface area contributed by atoms with Crippen LogP contribution in [-0.2, 0) is 4.79 Å². The number of anilines is 1. The largest absolute Gasteiger partial charge is 0.334 e. The fraction of sp³-hybridized carbons (Fsp3) is 0.267. The minimum atomic E-state index is -0.197. The molecule has 2 unspecified atom stereocenters. The minimum absolute atomic E-state index is 0.0467. The molecule has 1 aliphatic rings. The first-order valence-corrected chi connectivity index (χ1v) is 6.78. The average Bonchev–Trinajstić information content (AvgIpc) is 3.08. The Morgan fingerprint density at radius 2 is 2.19 bits per heavy atom. The molecule has 0 saturated carbocycles. The number of carbonyl (C=O) groups excluding carboxylic acids is 1. The van der Waals surface area contributed by atoms with E-state index in [4.69, 9.17) is 10.3 Å². The van der Waals surface area contributed by atoms with Crippen molar-refractivity contribution in [2.75, 3.05) is 5.32 Å². The number of hydrogen-bond donors (Lipinski definition) is 2. The molecule has 6 heteroatoms. The van der Waals surface area contributed by atoms with Gasteiger partial charge >= 0.3 is 0 Å². The summed E-state index contributed by atoms with van der Waals surface area (Å²) in [5, 5.41) is 6.68. The maximum absolute atomic E-state index is 12.3. The number of nitrogens with one attached hydrogen (secondary N) is 1. The summed E-state index contributed by atoms with van der Waals surface area (Å²) >= 11 is 0. The summed E-state index contributed by atoms with van der Waals surface area (Å²) in [7, 11) is 0. The van der Waals surface area contributed by atoms with E-state index in [9.17, 15) is 4.79 Å². The number of aryl methyl sites for hydroxylation is 1. The van der Waals surface area contributed by atoms with E-state index in [1.807, 2.05) is 36.4 Å². The normalized spacial score (nSPS) is 20.7. The molecule has 1 aromatic heterocycles. The van der Waals surface area contributed by atoms with Crippen molar-refractivity contribution in [2.24, 2.45) is 11.7 Å². The third-order valence-electron chi connectivity index (χ3n) is 3.40. The molecule has 3 N–H and O–H groups in total. The Hall–Kier alpha value is -2.47. The van der Waals surface area contributed by atoms with Crippen molar-refractivity contribution in [3.8, 4) is 11.5 Å². The van der Waals surface area contributed by atoms with Crippen LogP contribution >= 0.6 is 0 Å². The number of para-hydroxylation sites is 1. The molecule has 2 aromatic rings. The third-order valence-corrected chi connectivity index (χ3v) is 3.40. The van der Waals surface area contributed by atoms with E-state index in [0.717, 1.165) is 0 Å². The average molecular weight is 284 g/mol. The van der Waals surface area contributed by atoms with E-state index >= 15 is 0 Å². The molecule has 0 radical (unpaired) electrons. The maximum Gasteiger partial charge on any atom is 0.260 e. The number of amides is 1. The van der Waals surface area contributed by atoms with Gasteiger partial charge in [-0.2, -0.15) is 4.98 Å². The van der Waals surface area contributed by atoms with E-state index in [1.54, 1.807) is 6.92 Å². The Morgan fingerprint density at radius 1 is 1.38 bits per heavy atom. The highest BCUT2D eigenvalue weighted by atomic mass is 16.5. The van der Waals surface area contributed by atoms with Crippen LogP contribution < -0.4 is 11.1 Å². The van der Waals surface area contributed by atoms with Crippen molar-refractivity contribution in [1.82, 2.24) is 10.1 Å². The highest BCUT2D eigenvalue weighted by Crippen LogP contribution is 2.27. The van der Waals surface area contributed by atoms with E-state index < -0.39 is 0 Å². The SMILES string of the molecule is Cc1noc(-c2ccccc2NC(=O)C2C=CC(N)C2)n1. The van der Waals surface area contributed by atoms with Crippen LogP contribution in [0.25, 0.3) is 11.5 Å². The Kier molecular flexibility index (Phi) is 3.53. The van der Waals surface area contributed by atoms with Crippen LogP contribution in [0.4, 0.5) is 5.69 Å². The Bertz CT molecular complexity index is 692. The van der Waals surface area contributed by atoms with Gasteiger partial charge in [-0.05, 0) is 25.5 Å². The molecule has 108 valence electrons. The molecule has 2 atom stereocenters. The summed E-state index contributed by atoms with van der Waals surface area (Å²) < 4.78 is 5.17. The van der Waals surface area contributed by atoms with Gasteiger partial charge in [0.2, 0.25) is 5.91 Å². The first-order valence-electron chi connectivity index (χ1n) is 6.78. The summed E-state index contributed by atoms with van der Waals surface area (Å²) in [6, 6.07) is 7.30. The molecule has 6 nitrogen and oxygen atoms in total. The van der Waals surface area contributed by atoms with Gasteiger partial charge in [0, 0.05) is 6.04 Å². The van der Waals surface area contributed by atoms with Crippen LogP contribution in [0.3, 0.4) is 0 Å². The second kappa shape index (κ2) is 5.49. The lowest BCUT2D eigenvalue weighted by atomic mass is 10.1. The summed E-state index contributed by atoms with van der Waals surface area (Å²) in [5.41, 5.74) is 7.14. The molecule has 1 aromatic carbocycles. The van der Waals surface area contributed by atoms with E-state index in [1.165, 1.54) is 0 Å². The number of nitrogens with zero attached hydrogens (tertiary/aromatic N) is 2. The van der Waals surface area contributed by atoms with Crippen LogP contribution in [0.2, 0.25) is 0 Å². The molecule has 0 fully saturated rings. The van der Waals surface area contributed by atoms with Gasteiger partial charge in [-0.15, -0.1) is 0 Å². The van der Waals surface area contributed by atoms with Gasteiger partial charge in [0.05, 0.1) is 17.2 Å². The molecule has 3 rings (SSSR count). The van der Waals surface area contributed by atoms with E-state index in [-0.39, 0.29) is 17.9 Å². The second-order valence-corrected chi connectivity index (χ2v) is 5.07. The number of carbonyl (C=O) groups is 1. The van der Waals surface area contributed by atoms with Gasteiger partial charge in [0.15, 0.2) is 5.82 Å². The highest BCUT2D eigenvalue weighted by Gasteiger charge is 2.23. The van der Waals surface area contributed by atoms with Gasteiger partial charge in [-0.1, -0.05) is 29.4 Å². The number of aromatic nitrogens is 2. The highest BCUT2D eigenvalue weighted by molar-refractivity contribution is 5.97. The number of nitrogens with two attached hydrogens (primary N) is 1. The topological polar surface area (TPSA) is 94.0 Å². The monoisotopic (exact) mass is 284 g/mol. The molecule has 21 heavy (non-hydrogen) atoms. The van der Waals surface area contributed by atoms with Crippen molar-refractivity contribution in [3.05, 3.63) is 42.2 Å². The van der Waals surface area contributed by atoms with Crippen molar-refractivity contribution >= 4 is 11.6 Å². The summed E-state index contributed by atoms with van der Waals surface area (Å²) in [6.45, 7) is 1.75. The lowest BCUT2D eigenvalue weighted by Crippen LogP contribution is -2.24. The molecule has 1 heterocycles. The maximum atomic E-state index is 12.3. The van der Waals surface area contributed by atoms with E-state index in [0.29, 0.717) is 29.4 Å². The lowest BCUT2D eigenvalue weighted by molar-refractivity contribution is -0.118. The number of benzene rings is 1. The molecule has 0 bridgehead atoms. The molecule has 0 saturated heterocycles. The van der Waals surface area contributed by atoms with Crippen molar-refractivity contribution in [2.45, 2.75) is 19.4 Å². The zero-order valence-corrected chi connectivity index (χ0v) is 11.6. The quantitative estimate of drug-likeness (QED) is 0.839. The second-order valence-electron chi connectivity index (χ2n) is 5.07. The Labute approximate surface area is 122 Å². The Balaban J connectivity index is 1.83. The van der Waals surface area contributed by atoms with Crippen LogP contribution in [0.5, 0.6) is 0 Å². The number of rotatable bonds is 3. The van der Waals surface area contributed by atoms with Gasteiger partial charge < -0.3 is 15.6 Å². The fourth-order valence-electron chi connectivity index (χ4n) is 2.33. The fourth-order valence-corrected chi connectivity index (χ4v) is 2.33. The molecular weight excluding hydrogens is 268 g/mol. The van der Waals surface area contributed by atoms with Crippen molar-refractivity contribution in [3.63, 3.8) is 0 Å². The molecular formula is C15H16N4O2. The van der Waals surface area contributed by atoms with Crippen LogP contribution in [-0.4, -0.2) is 22.1 Å². The third kappa shape index (κ3) is 2.85. The van der Waals surface area contributed by atoms with Gasteiger partial charge in [0.25, 0.3) is 5.89 Å². The van der Waals surface area contributed by atoms with Gasteiger partial charge in [-0.25, -0.2) is 0 Å². The zero-order chi connectivity index (χ0) is 14.8. The first-order chi connectivity index (χ1) is 10.1. The zero-order valence-electron chi connectivity index (χ0n) is 11.6. The molecule has 0 aliphatic heterocycles. The predicted octanol–water partition coefficient (Wildman–Crippen LogP) is 1.89. The van der Waals surface area contributed by atoms with Crippen molar-refractivity contribution in [1.29, 1.82) is 0 Å².